The fourth-order valence-corrected chi connectivity index (χ4v) is 3.77. The molecule has 7 nitrogen and oxygen atoms in total. The van der Waals surface area contributed by atoms with Crippen LogP contribution in [0.1, 0.15) is 29.6 Å². The molecule has 1 aromatic carbocycles. The predicted octanol–water partition coefficient (Wildman–Crippen LogP) is 2.16. The topological polar surface area (TPSA) is 74.1 Å². The van der Waals surface area contributed by atoms with E-state index >= 15 is 0 Å². The van der Waals surface area contributed by atoms with Crippen molar-refractivity contribution in [3.8, 4) is 0 Å². The Hall–Kier alpha value is -2.83. The lowest BCUT2D eigenvalue weighted by Crippen LogP contribution is -2.55. The number of amides is 3. The molecule has 2 aliphatic rings. The number of carbonyl (C=O) groups is 2. The molecule has 0 bridgehead atoms. The summed E-state index contributed by atoms with van der Waals surface area (Å²) in [5, 5.41) is 0.722. The third kappa shape index (κ3) is 3.54. The van der Waals surface area contributed by atoms with Crippen LogP contribution in [0, 0.1) is 0 Å². The average molecular weight is 369 g/mol. The maximum atomic E-state index is 12.8. The number of fused-ring (bicyclic) bond motifs is 1. The van der Waals surface area contributed by atoms with Gasteiger partial charge < -0.3 is 19.1 Å². The summed E-state index contributed by atoms with van der Waals surface area (Å²) in [6, 6.07) is 8.79. The fraction of sp³-hybridized carbons (Fsp3) is 0.450. The summed E-state index contributed by atoms with van der Waals surface area (Å²) in [6.45, 7) is 3.45. The van der Waals surface area contributed by atoms with Gasteiger partial charge in [-0.2, -0.15) is 0 Å². The zero-order valence-electron chi connectivity index (χ0n) is 15.2. The number of rotatable bonds is 1. The van der Waals surface area contributed by atoms with Crippen molar-refractivity contribution in [1.29, 1.82) is 0 Å². The molecule has 27 heavy (non-hydrogen) atoms. The van der Waals surface area contributed by atoms with Crippen LogP contribution in [0.3, 0.4) is 0 Å². The number of urea groups is 1. The van der Waals surface area contributed by atoms with Crippen molar-refractivity contribution in [2.75, 3.05) is 39.3 Å². The van der Waals surface area contributed by atoms with Crippen LogP contribution >= 0.6 is 0 Å². The van der Waals surface area contributed by atoms with E-state index in [0.717, 1.165) is 31.3 Å². The van der Waals surface area contributed by atoms with E-state index in [1.807, 2.05) is 17.0 Å². The molecule has 1 aromatic heterocycles. The second kappa shape index (κ2) is 7.42. The molecule has 0 saturated carbocycles. The molecule has 2 fully saturated rings. The van der Waals surface area contributed by atoms with E-state index in [0.29, 0.717) is 31.8 Å². The average Bonchev–Trinajstić information content (AvgIpc) is 2.73. The summed E-state index contributed by atoms with van der Waals surface area (Å²) in [6.07, 6.45) is 3.30. The summed E-state index contributed by atoms with van der Waals surface area (Å²) < 4.78 is 5.27. The standard InChI is InChI=1S/C20H23N3O4/c24-18(16-14-15-6-2-3-7-17(15)27-19(16)25)21-10-12-23(13-11-21)20(26)22-8-4-1-5-9-22/h2-3,6-7,14H,1,4-5,8-13H2. The second-order valence-electron chi connectivity index (χ2n) is 7.09. The number of nitrogens with zero attached hydrogens (tertiary/aromatic N) is 3. The van der Waals surface area contributed by atoms with Crippen molar-refractivity contribution < 1.29 is 14.0 Å². The van der Waals surface area contributed by atoms with Gasteiger partial charge in [0.2, 0.25) is 0 Å². The molecular formula is C20H23N3O4. The van der Waals surface area contributed by atoms with Crippen molar-refractivity contribution in [3.63, 3.8) is 0 Å². The highest BCUT2D eigenvalue weighted by Gasteiger charge is 2.29. The Balaban J connectivity index is 1.43. The number of likely N-dealkylation sites (tertiary alicyclic amines) is 1. The minimum Gasteiger partial charge on any atom is -0.422 e. The lowest BCUT2D eigenvalue weighted by molar-refractivity contribution is 0.0629. The third-order valence-corrected chi connectivity index (χ3v) is 5.34. The van der Waals surface area contributed by atoms with Crippen LogP contribution < -0.4 is 5.63 Å². The van der Waals surface area contributed by atoms with Gasteiger partial charge in [0.1, 0.15) is 11.1 Å². The van der Waals surface area contributed by atoms with Gasteiger partial charge in [-0.3, -0.25) is 4.79 Å². The molecule has 3 heterocycles. The Bertz CT molecular complexity index is 909. The van der Waals surface area contributed by atoms with Gasteiger partial charge in [0.15, 0.2) is 0 Å². The Morgan fingerprint density at radius 2 is 1.44 bits per heavy atom. The molecule has 0 unspecified atom stereocenters. The zero-order chi connectivity index (χ0) is 18.8. The van der Waals surface area contributed by atoms with E-state index in [-0.39, 0.29) is 17.5 Å². The number of carbonyl (C=O) groups excluding carboxylic acids is 2. The molecule has 0 spiro atoms. The van der Waals surface area contributed by atoms with E-state index in [1.54, 1.807) is 28.0 Å². The van der Waals surface area contributed by atoms with Crippen LogP contribution in [-0.2, 0) is 0 Å². The van der Waals surface area contributed by atoms with Crippen molar-refractivity contribution in [1.82, 2.24) is 14.7 Å². The Kier molecular flexibility index (Phi) is 4.83. The van der Waals surface area contributed by atoms with E-state index in [2.05, 4.69) is 0 Å². The van der Waals surface area contributed by atoms with Crippen LogP contribution in [0.4, 0.5) is 4.79 Å². The molecule has 0 aliphatic carbocycles. The minimum absolute atomic E-state index is 0.0458. The van der Waals surface area contributed by atoms with Gasteiger partial charge in [-0.25, -0.2) is 9.59 Å². The number of hydrogen-bond donors (Lipinski definition) is 0. The van der Waals surface area contributed by atoms with Crippen molar-refractivity contribution in [3.05, 3.63) is 46.3 Å². The maximum Gasteiger partial charge on any atom is 0.349 e. The lowest BCUT2D eigenvalue weighted by atomic mass is 10.1. The van der Waals surface area contributed by atoms with Gasteiger partial charge >= 0.3 is 11.7 Å². The summed E-state index contributed by atoms with van der Waals surface area (Å²) >= 11 is 0. The first kappa shape index (κ1) is 17.6. The van der Waals surface area contributed by atoms with E-state index in [9.17, 15) is 14.4 Å². The quantitative estimate of drug-likeness (QED) is 0.722. The van der Waals surface area contributed by atoms with Gasteiger partial charge in [-0.05, 0) is 31.4 Å². The molecule has 0 radical (unpaired) electrons. The molecule has 3 amide bonds. The summed E-state index contributed by atoms with van der Waals surface area (Å²) in [7, 11) is 0. The van der Waals surface area contributed by atoms with Crippen molar-refractivity contribution in [2.24, 2.45) is 0 Å². The largest absolute Gasteiger partial charge is 0.422 e. The number of hydrogen-bond acceptors (Lipinski definition) is 4. The van der Waals surface area contributed by atoms with Crippen molar-refractivity contribution >= 4 is 22.9 Å². The third-order valence-electron chi connectivity index (χ3n) is 5.34. The van der Waals surface area contributed by atoms with Crippen LogP contribution in [-0.4, -0.2) is 65.9 Å². The van der Waals surface area contributed by atoms with Crippen LogP contribution in [0.15, 0.2) is 39.5 Å². The van der Waals surface area contributed by atoms with Crippen LogP contribution in [0.5, 0.6) is 0 Å². The Labute approximate surface area is 157 Å². The maximum absolute atomic E-state index is 12.8. The van der Waals surface area contributed by atoms with Crippen LogP contribution in [0.2, 0.25) is 0 Å². The molecule has 4 rings (SSSR count). The smallest absolute Gasteiger partial charge is 0.349 e. The lowest BCUT2D eigenvalue weighted by Gasteiger charge is -2.38. The normalized spacial score (nSPS) is 18.0. The molecule has 2 aliphatic heterocycles. The minimum atomic E-state index is -0.620. The first-order valence-corrected chi connectivity index (χ1v) is 9.49. The van der Waals surface area contributed by atoms with Gasteiger partial charge in [0.25, 0.3) is 5.91 Å². The first-order valence-electron chi connectivity index (χ1n) is 9.49. The van der Waals surface area contributed by atoms with Gasteiger partial charge in [0.05, 0.1) is 0 Å². The first-order chi connectivity index (χ1) is 13.1. The van der Waals surface area contributed by atoms with Gasteiger partial charge in [-0.15, -0.1) is 0 Å². The summed E-state index contributed by atoms with van der Waals surface area (Å²) in [5.41, 5.74) is -0.106. The molecule has 142 valence electrons. The van der Waals surface area contributed by atoms with Crippen LogP contribution in [0.25, 0.3) is 11.0 Å². The number of piperazine rings is 1. The Morgan fingerprint density at radius 1 is 0.815 bits per heavy atom. The monoisotopic (exact) mass is 369 g/mol. The van der Waals surface area contributed by atoms with E-state index in [4.69, 9.17) is 4.42 Å². The summed E-state index contributed by atoms with van der Waals surface area (Å²) in [5.74, 6) is -0.334. The summed E-state index contributed by atoms with van der Waals surface area (Å²) in [4.78, 5) is 42.9. The SMILES string of the molecule is O=C(c1cc2ccccc2oc1=O)N1CCN(C(=O)N2CCCCC2)CC1. The van der Waals surface area contributed by atoms with Crippen molar-refractivity contribution in [2.45, 2.75) is 19.3 Å². The molecule has 2 saturated heterocycles. The number of para-hydroxylation sites is 1. The molecular weight excluding hydrogens is 346 g/mol. The fourth-order valence-electron chi connectivity index (χ4n) is 3.77. The highest BCUT2D eigenvalue weighted by Crippen LogP contribution is 2.16. The van der Waals surface area contributed by atoms with Gasteiger partial charge in [0, 0.05) is 44.7 Å². The number of piperidine rings is 1. The predicted molar refractivity (Wildman–Crippen MR) is 101 cm³/mol. The van der Waals surface area contributed by atoms with Gasteiger partial charge in [-0.1, -0.05) is 18.2 Å². The highest BCUT2D eigenvalue weighted by molar-refractivity contribution is 5.96. The molecule has 0 N–H and O–H groups in total. The highest BCUT2D eigenvalue weighted by atomic mass is 16.4. The number of benzene rings is 1. The molecule has 7 heteroatoms. The van der Waals surface area contributed by atoms with E-state index < -0.39 is 5.63 Å². The zero-order valence-corrected chi connectivity index (χ0v) is 15.2. The Morgan fingerprint density at radius 3 is 2.19 bits per heavy atom. The van der Waals surface area contributed by atoms with E-state index in [1.165, 1.54) is 6.42 Å². The molecule has 2 aromatic rings. The molecule has 0 atom stereocenters. The second-order valence-corrected chi connectivity index (χ2v) is 7.09.